The third kappa shape index (κ3) is 5.81. The largest absolute Gasteiger partial charge is 0.446 e. The molecule has 0 aliphatic rings. The zero-order valence-electron chi connectivity index (χ0n) is 15.9. The highest BCUT2D eigenvalue weighted by Gasteiger charge is 2.39. The third-order valence-corrected chi connectivity index (χ3v) is 4.94. The molecule has 1 amide bonds. The Hall–Kier alpha value is -2.95. The third-order valence-electron chi connectivity index (χ3n) is 4.20. The fraction of sp³-hybridized carbons (Fsp3) is 0.200. The number of halogens is 6. The lowest BCUT2D eigenvalue weighted by molar-refractivity contribution is -0.141. The van der Waals surface area contributed by atoms with Crippen LogP contribution in [0.3, 0.4) is 0 Å². The van der Waals surface area contributed by atoms with E-state index in [1.165, 1.54) is 31.3 Å². The molecule has 1 aromatic heterocycles. The first-order valence-electron chi connectivity index (χ1n) is 8.77. The number of amides is 1. The Kier molecular flexibility index (Phi) is 6.35. The van der Waals surface area contributed by atoms with Gasteiger partial charge in [0.1, 0.15) is 0 Å². The van der Waals surface area contributed by atoms with Gasteiger partial charge in [-0.25, -0.2) is 0 Å². The number of rotatable bonds is 5. The number of alkyl halides is 6. The summed E-state index contributed by atoms with van der Waals surface area (Å²) in [6.45, 7) is -0.0831. The Bertz CT molecular complexity index is 1070. The maximum Gasteiger partial charge on any atom is 0.446 e. The Morgan fingerprint density at radius 1 is 1.03 bits per heavy atom. The number of aryl methyl sites for hydroxylation is 1. The molecule has 1 N–H and O–H groups in total. The van der Waals surface area contributed by atoms with Crippen molar-refractivity contribution < 1.29 is 31.1 Å². The van der Waals surface area contributed by atoms with Crippen LogP contribution in [-0.4, -0.2) is 21.2 Å². The zero-order valence-corrected chi connectivity index (χ0v) is 16.7. The van der Waals surface area contributed by atoms with Gasteiger partial charge < -0.3 is 5.32 Å². The van der Waals surface area contributed by atoms with E-state index in [4.69, 9.17) is 0 Å². The van der Waals surface area contributed by atoms with Gasteiger partial charge >= 0.3 is 11.7 Å². The first kappa shape index (κ1) is 22.7. The summed E-state index contributed by atoms with van der Waals surface area (Å²) in [6.07, 6.45) is -3.79. The van der Waals surface area contributed by atoms with Gasteiger partial charge in [0.05, 0.1) is 5.56 Å². The van der Waals surface area contributed by atoms with Crippen LogP contribution in [0.2, 0.25) is 0 Å². The van der Waals surface area contributed by atoms with Gasteiger partial charge in [-0.05, 0) is 40.6 Å². The van der Waals surface area contributed by atoms with Crippen molar-refractivity contribution in [2.75, 3.05) is 0 Å². The van der Waals surface area contributed by atoms with Crippen molar-refractivity contribution >= 4 is 17.7 Å². The maximum atomic E-state index is 13.1. The average molecular weight is 459 g/mol. The summed E-state index contributed by atoms with van der Waals surface area (Å²) in [6, 6.07) is 12.4. The second-order valence-electron chi connectivity index (χ2n) is 6.47. The highest BCUT2D eigenvalue weighted by Crippen LogP contribution is 2.37. The van der Waals surface area contributed by atoms with Gasteiger partial charge in [0, 0.05) is 24.7 Å². The van der Waals surface area contributed by atoms with Crippen molar-refractivity contribution in [2.24, 2.45) is 7.05 Å². The van der Waals surface area contributed by atoms with E-state index in [2.05, 4.69) is 10.4 Å². The molecule has 0 unspecified atom stereocenters. The minimum Gasteiger partial charge on any atom is -0.348 e. The van der Waals surface area contributed by atoms with E-state index in [1.807, 2.05) is 0 Å². The monoisotopic (exact) mass is 459 g/mol. The molecule has 0 spiro atoms. The number of nitrogens with zero attached hydrogens (tertiary/aromatic N) is 2. The van der Waals surface area contributed by atoms with Crippen LogP contribution >= 0.6 is 11.8 Å². The highest BCUT2D eigenvalue weighted by molar-refractivity contribution is 8.00. The lowest BCUT2D eigenvalue weighted by Crippen LogP contribution is -2.25. The van der Waals surface area contributed by atoms with Gasteiger partial charge in [-0.15, -0.1) is 0 Å². The van der Waals surface area contributed by atoms with Crippen molar-refractivity contribution in [3.05, 3.63) is 71.5 Å². The van der Waals surface area contributed by atoms with Crippen molar-refractivity contribution in [1.29, 1.82) is 0 Å². The van der Waals surface area contributed by atoms with Crippen molar-refractivity contribution in [2.45, 2.75) is 23.1 Å². The molecule has 0 fully saturated rings. The van der Waals surface area contributed by atoms with E-state index in [1.54, 1.807) is 24.3 Å². The van der Waals surface area contributed by atoms with E-state index >= 15 is 0 Å². The summed E-state index contributed by atoms with van der Waals surface area (Å²) < 4.78 is 77.6. The van der Waals surface area contributed by atoms with Crippen LogP contribution in [0.4, 0.5) is 26.3 Å². The molecule has 0 saturated carbocycles. The molecular formula is C20H15F6N3OS. The summed E-state index contributed by atoms with van der Waals surface area (Å²) in [5.41, 5.74) is -4.45. The van der Waals surface area contributed by atoms with E-state index in [-0.39, 0.29) is 23.2 Å². The molecule has 0 saturated heterocycles. The Balaban J connectivity index is 1.79. The number of thioether (sulfide) groups is 1. The quantitative estimate of drug-likeness (QED) is 0.396. The lowest BCUT2D eigenvalue weighted by Gasteiger charge is -2.12. The molecular weight excluding hydrogens is 444 g/mol. The zero-order chi connectivity index (χ0) is 22.8. The molecule has 11 heteroatoms. The van der Waals surface area contributed by atoms with Crippen LogP contribution in [0.25, 0.3) is 11.1 Å². The average Bonchev–Trinajstić information content (AvgIpc) is 3.08. The minimum absolute atomic E-state index is 0.0262. The fourth-order valence-electron chi connectivity index (χ4n) is 2.93. The molecule has 4 nitrogen and oxygen atoms in total. The molecule has 3 aromatic rings. The number of carbonyl (C=O) groups excluding carboxylic acids is 1. The van der Waals surface area contributed by atoms with Crippen LogP contribution in [0.5, 0.6) is 0 Å². The molecule has 1 heterocycles. The van der Waals surface area contributed by atoms with Gasteiger partial charge in [-0.2, -0.15) is 31.4 Å². The van der Waals surface area contributed by atoms with E-state index in [9.17, 15) is 31.1 Å². The highest BCUT2D eigenvalue weighted by atomic mass is 32.2. The minimum atomic E-state index is -4.78. The molecule has 0 aliphatic carbocycles. The van der Waals surface area contributed by atoms with Gasteiger partial charge in [0.15, 0.2) is 5.69 Å². The van der Waals surface area contributed by atoms with Crippen molar-refractivity contribution in [3.8, 4) is 11.1 Å². The van der Waals surface area contributed by atoms with Gasteiger partial charge in [0.2, 0.25) is 0 Å². The summed E-state index contributed by atoms with van der Waals surface area (Å²) in [5.74, 6) is -0.938. The molecule has 2 aromatic carbocycles. The smallest absolute Gasteiger partial charge is 0.348 e. The van der Waals surface area contributed by atoms with Crippen molar-refractivity contribution in [3.63, 3.8) is 0 Å². The second-order valence-corrected chi connectivity index (χ2v) is 7.61. The molecule has 31 heavy (non-hydrogen) atoms. The maximum absolute atomic E-state index is 13.1. The second kappa shape index (κ2) is 8.66. The lowest BCUT2D eigenvalue weighted by atomic mass is 9.99. The Morgan fingerprint density at radius 2 is 1.68 bits per heavy atom. The fourth-order valence-corrected chi connectivity index (χ4v) is 3.47. The van der Waals surface area contributed by atoms with E-state index < -0.39 is 28.8 Å². The SMILES string of the molecule is Cn1cc(C(=O)NCc2ccccc2-c2ccc(SC(F)(F)F)cc2)c(C(F)(F)F)n1. The topological polar surface area (TPSA) is 46.9 Å². The molecule has 0 atom stereocenters. The van der Waals surface area contributed by atoms with Gasteiger partial charge in [-0.3, -0.25) is 9.48 Å². The molecule has 3 rings (SSSR count). The summed E-state index contributed by atoms with van der Waals surface area (Å²) in [4.78, 5) is 12.4. The molecule has 164 valence electrons. The van der Waals surface area contributed by atoms with Crippen LogP contribution < -0.4 is 5.32 Å². The molecule has 0 aliphatic heterocycles. The number of aromatic nitrogens is 2. The van der Waals surface area contributed by atoms with E-state index in [0.717, 1.165) is 10.9 Å². The Morgan fingerprint density at radius 3 is 2.29 bits per heavy atom. The Labute approximate surface area is 177 Å². The standard InChI is InChI=1S/C20H15F6N3OS/c1-29-11-16(17(28-29)19(21,22)23)18(30)27-10-13-4-2-3-5-15(13)12-6-8-14(9-7-12)31-20(24,25)26/h2-9,11H,10H2,1H3,(H,27,30). The first-order valence-corrected chi connectivity index (χ1v) is 9.59. The molecule has 0 bridgehead atoms. The predicted molar refractivity (Wildman–Crippen MR) is 103 cm³/mol. The predicted octanol–water partition coefficient (Wildman–Crippen LogP) is 5.65. The number of carbonyl (C=O) groups is 1. The number of hydrogen-bond donors (Lipinski definition) is 1. The van der Waals surface area contributed by atoms with Crippen molar-refractivity contribution in [1.82, 2.24) is 15.1 Å². The van der Waals surface area contributed by atoms with Gasteiger partial charge in [0.25, 0.3) is 5.91 Å². The first-order chi connectivity index (χ1) is 14.4. The van der Waals surface area contributed by atoms with Crippen LogP contribution in [-0.2, 0) is 19.8 Å². The summed E-state index contributed by atoms with van der Waals surface area (Å²) in [7, 11) is 1.28. The summed E-state index contributed by atoms with van der Waals surface area (Å²) in [5, 5.41) is 5.75. The number of nitrogens with one attached hydrogen (secondary N) is 1. The summed E-state index contributed by atoms with van der Waals surface area (Å²) >= 11 is -0.231. The van der Waals surface area contributed by atoms with Crippen LogP contribution in [0.15, 0.2) is 59.6 Å². The van der Waals surface area contributed by atoms with Gasteiger partial charge in [-0.1, -0.05) is 36.4 Å². The van der Waals surface area contributed by atoms with Crippen LogP contribution in [0, 0.1) is 0 Å². The normalized spacial score (nSPS) is 12.1. The number of hydrogen-bond acceptors (Lipinski definition) is 3. The van der Waals surface area contributed by atoms with Crippen LogP contribution in [0.1, 0.15) is 21.6 Å². The molecule has 0 radical (unpaired) electrons. The number of benzene rings is 2. The van der Waals surface area contributed by atoms with E-state index in [0.29, 0.717) is 16.7 Å².